The number of hydrogen-bond donors (Lipinski definition) is 0. The molecule has 1 unspecified atom stereocenters. The van der Waals surface area contributed by atoms with E-state index in [0.717, 1.165) is 47.7 Å². The van der Waals surface area contributed by atoms with E-state index >= 15 is 0 Å². The second-order valence-electron chi connectivity index (χ2n) is 9.33. The van der Waals surface area contributed by atoms with Crippen LogP contribution in [-0.4, -0.2) is 41.8 Å². The molecule has 0 bridgehead atoms. The van der Waals surface area contributed by atoms with E-state index in [1.54, 1.807) is 0 Å². The van der Waals surface area contributed by atoms with Gasteiger partial charge in [0.05, 0.1) is 22.7 Å². The molecule has 0 N–H and O–H groups in total. The molecule has 2 aliphatic rings. The van der Waals surface area contributed by atoms with E-state index < -0.39 is 0 Å². The molecule has 37 heavy (non-hydrogen) atoms. The highest BCUT2D eigenvalue weighted by Gasteiger charge is 2.35. The molecule has 1 fully saturated rings. The zero-order valence-electron chi connectivity index (χ0n) is 20.4. The van der Waals surface area contributed by atoms with Crippen molar-refractivity contribution in [3.05, 3.63) is 77.6 Å². The Kier molecular flexibility index (Phi) is 6.62. The molecule has 2 aliphatic heterocycles. The van der Waals surface area contributed by atoms with Gasteiger partial charge < -0.3 is 23.7 Å². The fourth-order valence-electron chi connectivity index (χ4n) is 5.09. The largest absolute Gasteiger partial charge is 0.492 e. The molecule has 6 rings (SSSR count). The fourth-order valence-corrected chi connectivity index (χ4v) is 5.28. The Morgan fingerprint density at radius 2 is 1.78 bits per heavy atom. The molecule has 8 heteroatoms. The SMILES string of the molecule is O=C1CC(c2nc3ccccc3n2CCCCOc2ccccc2Cl)CN1c1ccc2c(c1)OCCO2. The summed E-state index contributed by atoms with van der Waals surface area (Å²) in [5, 5.41) is 0.624. The minimum absolute atomic E-state index is 0.00692. The van der Waals surface area contributed by atoms with Crippen LogP contribution in [0.3, 0.4) is 0 Å². The molecule has 4 aromatic rings. The van der Waals surface area contributed by atoms with Crippen molar-refractivity contribution >= 4 is 34.2 Å². The number of para-hydroxylation sites is 3. The number of nitrogens with zero attached hydrogens (tertiary/aromatic N) is 3. The summed E-state index contributed by atoms with van der Waals surface area (Å²) in [6, 6.07) is 21.4. The van der Waals surface area contributed by atoms with E-state index in [0.29, 0.717) is 49.3 Å². The van der Waals surface area contributed by atoms with Crippen molar-refractivity contribution in [3.8, 4) is 17.2 Å². The maximum Gasteiger partial charge on any atom is 0.227 e. The second-order valence-corrected chi connectivity index (χ2v) is 9.74. The summed E-state index contributed by atoms with van der Waals surface area (Å²) in [7, 11) is 0. The van der Waals surface area contributed by atoms with Gasteiger partial charge in [-0.1, -0.05) is 35.9 Å². The molecule has 7 nitrogen and oxygen atoms in total. The number of halogens is 1. The number of amides is 1. The molecule has 190 valence electrons. The summed E-state index contributed by atoms with van der Waals surface area (Å²) in [4.78, 5) is 19.9. The second kappa shape index (κ2) is 10.3. The van der Waals surface area contributed by atoms with Crippen LogP contribution >= 0.6 is 11.6 Å². The molecular weight excluding hydrogens is 490 g/mol. The zero-order valence-corrected chi connectivity index (χ0v) is 21.2. The van der Waals surface area contributed by atoms with Crippen molar-refractivity contribution in [2.24, 2.45) is 0 Å². The van der Waals surface area contributed by atoms with E-state index in [1.165, 1.54) is 0 Å². The van der Waals surface area contributed by atoms with Gasteiger partial charge in [-0.05, 0) is 49.2 Å². The average Bonchev–Trinajstić information content (AvgIpc) is 3.49. The van der Waals surface area contributed by atoms with E-state index in [1.807, 2.05) is 65.6 Å². The Morgan fingerprint density at radius 3 is 2.68 bits per heavy atom. The van der Waals surface area contributed by atoms with Gasteiger partial charge in [-0.3, -0.25) is 4.79 Å². The number of rotatable bonds is 8. The number of unbranched alkanes of at least 4 members (excludes halogenated alkanes) is 1. The monoisotopic (exact) mass is 517 g/mol. The smallest absolute Gasteiger partial charge is 0.227 e. The van der Waals surface area contributed by atoms with Crippen molar-refractivity contribution in [1.29, 1.82) is 0 Å². The lowest BCUT2D eigenvalue weighted by Crippen LogP contribution is -2.25. The zero-order chi connectivity index (χ0) is 25.2. The van der Waals surface area contributed by atoms with Gasteiger partial charge in [-0.2, -0.15) is 0 Å². The first-order valence-corrected chi connectivity index (χ1v) is 13.1. The summed E-state index contributed by atoms with van der Waals surface area (Å²) in [5.41, 5.74) is 2.88. The Balaban J connectivity index is 1.17. The lowest BCUT2D eigenvalue weighted by molar-refractivity contribution is -0.117. The highest BCUT2D eigenvalue weighted by Crippen LogP contribution is 2.38. The predicted octanol–water partition coefficient (Wildman–Crippen LogP) is 5.84. The van der Waals surface area contributed by atoms with Crippen LogP contribution in [0.15, 0.2) is 66.7 Å². The first kappa shape index (κ1) is 23.7. The van der Waals surface area contributed by atoms with Crippen LogP contribution in [-0.2, 0) is 11.3 Å². The summed E-state index contributed by atoms with van der Waals surface area (Å²) < 4.78 is 19.5. The van der Waals surface area contributed by atoms with Crippen molar-refractivity contribution in [2.75, 3.05) is 31.3 Å². The third-order valence-corrected chi connectivity index (χ3v) is 7.19. The number of carbonyl (C=O) groups excluding carboxylic acids is 1. The Hall–Kier alpha value is -3.71. The quantitative estimate of drug-likeness (QED) is 0.275. The summed E-state index contributed by atoms with van der Waals surface area (Å²) >= 11 is 6.20. The molecule has 1 amide bonds. The summed E-state index contributed by atoms with van der Waals surface area (Å²) in [5.74, 6) is 3.17. The maximum absolute atomic E-state index is 13.1. The maximum atomic E-state index is 13.1. The molecule has 0 saturated carbocycles. The first-order chi connectivity index (χ1) is 18.2. The van der Waals surface area contributed by atoms with Crippen LogP contribution in [0.25, 0.3) is 11.0 Å². The fraction of sp³-hybridized carbons (Fsp3) is 0.310. The summed E-state index contributed by atoms with van der Waals surface area (Å²) in [6.45, 7) is 3.03. The van der Waals surface area contributed by atoms with Crippen LogP contribution in [0, 0.1) is 0 Å². The number of fused-ring (bicyclic) bond motifs is 2. The van der Waals surface area contributed by atoms with Crippen LogP contribution in [0.1, 0.15) is 31.0 Å². The van der Waals surface area contributed by atoms with Gasteiger partial charge in [0.2, 0.25) is 5.91 Å². The molecule has 0 aliphatic carbocycles. The van der Waals surface area contributed by atoms with Crippen molar-refractivity contribution < 1.29 is 19.0 Å². The summed E-state index contributed by atoms with van der Waals surface area (Å²) in [6.07, 6.45) is 2.22. The van der Waals surface area contributed by atoms with Crippen molar-refractivity contribution in [2.45, 2.75) is 31.7 Å². The van der Waals surface area contributed by atoms with E-state index in [9.17, 15) is 4.79 Å². The van der Waals surface area contributed by atoms with Gasteiger partial charge in [0, 0.05) is 37.2 Å². The standard InChI is InChI=1S/C29H28ClN3O4/c30-22-7-1-4-10-25(22)35-14-6-5-13-32-24-9-3-2-8-23(24)31-29(32)20-17-28(34)33(19-20)21-11-12-26-27(18-21)37-16-15-36-26/h1-4,7-12,18,20H,5-6,13-17,19H2. The normalized spacial score (nSPS) is 16.9. The number of anilines is 1. The van der Waals surface area contributed by atoms with Gasteiger partial charge in [-0.15, -0.1) is 0 Å². The minimum Gasteiger partial charge on any atom is -0.492 e. The number of imidazole rings is 1. The van der Waals surface area contributed by atoms with Crippen LogP contribution in [0.5, 0.6) is 17.2 Å². The first-order valence-electron chi connectivity index (χ1n) is 12.7. The van der Waals surface area contributed by atoms with E-state index in [2.05, 4.69) is 10.6 Å². The van der Waals surface area contributed by atoms with Gasteiger partial charge >= 0.3 is 0 Å². The molecule has 1 saturated heterocycles. The topological polar surface area (TPSA) is 65.8 Å². The molecule has 0 radical (unpaired) electrons. The molecule has 1 aromatic heterocycles. The predicted molar refractivity (Wildman–Crippen MR) is 143 cm³/mol. The lowest BCUT2D eigenvalue weighted by Gasteiger charge is -2.22. The number of ether oxygens (including phenoxy) is 3. The number of aromatic nitrogens is 2. The van der Waals surface area contributed by atoms with E-state index in [4.69, 9.17) is 30.8 Å². The minimum atomic E-state index is 0.00692. The highest BCUT2D eigenvalue weighted by atomic mass is 35.5. The molecular formula is C29H28ClN3O4. The Morgan fingerprint density at radius 1 is 0.973 bits per heavy atom. The van der Waals surface area contributed by atoms with Crippen molar-refractivity contribution in [1.82, 2.24) is 9.55 Å². The van der Waals surface area contributed by atoms with E-state index in [-0.39, 0.29) is 11.8 Å². The number of benzene rings is 3. The van der Waals surface area contributed by atoms with Gasteiger partial charge in [0.25, 0.3) is 0 Å². The highest BCUT2D eigenvalue weighted by molar-refractivity contribution is 6.32. The average molecular weight is 518 g/mol. The molecule has 3 aromatic carbocycles. The van der Waals surface area contributed by atoms with Crippen LogP contribution < -0.4 is 19.1 Å². The van der Waals surface area contributed by atoms with Gasteiger partial charge in [-0.25, -0.2) is 4.98 Å². The van der Waals surface area contributed by atoms with Crippen molar-refractivity contribution in [3.63, 3.8) is 0 Å². The van der Waals surface area contributed by atoms with Crippen LogP contribution in [0.2, 0.25) is 5.02 Å². The van der Waals surface area contributed by atoms with Crippen LogP contribution in [0.4, 0.5) is 5.69 Å². The third-order valence-electron chi connectivity index (χ3n) is 6.88. The molecule has 1 atom stereocenters. The van der Waals surface area contributed by atoms with Gasteiger partial charge in [0.15, 0.2) is 11.5 Å². The number of carbonyl (C=O) groups is 1. The number of aryl methyl sites for hydroxylation is 1. The molecule has 0 spiro atoms. The van der Waals surface area contributed by atoms with Gasteiger partial charge in [0.1, 0.15) is 24.8 Å². The lowest BCUT2D eigenvalue weighted by atomic mass is 10.1. The Bertz CT molecular complexity index is 1440. The Labute approximate surface area is 220 Å². The number of hydrogen-bond acceptors (Lipinski definition) is 5. The third kappa shape index (κ3) is 4.83. The molecule has 3 heterocycles.